The molecule has 1 fully saturated rings. The maximum absolute atomic E-state index is 11.8. The Kier molecular flexibility index (Phi) is 7.45. The molecular weight excluding hydrogens is 272 g/mol. The van der Waals surface area contributed by atoms with E-state index in [0.717, 1.165) is 30.1 Å². The number of hydrogen-bond acceptors (Lipinski definition) is 2. The van der Waals surface area contributed by atoms with Gasteiger partial charge >= 0.3 is 0 Å². The fourth-order valence-electron chi connectivity index (χ4n) is 2.77. The summed E-state index contributed by atoms with van der Waals surface area (Å²) in [4.78, 5) is 11.8. The summed E-state index contributed by atoms with van der Waals surface area (Å²) >= 11 is 0. The molecule has 0 aliphatic heterocycles. The predicted molar refractivity (Wildman–Crippen MR) is 86.0 cm³/mol. The van der Waals surface area contributed by atoms with Gasteiger partial charge < -0.3 is 11.1 Å². The zero-order valence-electron chi connectivity index (χ0n) is 11.9. The van der Waals surface area contributed by atoms with Gasteiger partial charge in [-0.15, -0.1) is 12.4 Å². The van der Waals surface area contributed by atoms with Crippen LogP contribution in [0.1, 0.15) is 44.1 Å². The minimum absolute atomic E-state index is 0. The predicted octanol–water partition coefficient (Wildman–Crippen LogP) is 3.32. The van der Waals surface area contributed by atoms with Crippen LogP contribution in [0, 0.1) is 5.92 Å². The number of hydrogen-bond donors (Lipinski definition) is 2. The average Bonchev–Trinajstić information content (AvgIpc) is 2.43. The van der Waals surface area contributed by atoms with Gasteiger partial charge in [0, 0.05) is 12.2 Å². The van der Waals surface area contributed by atoms with E-state index in [1.54, 1.807) is 0 Å². The Labute approximate surface area is 127 Å². The molecule has 3 N–H and O–H groups in total. The molecule has 1 aromatic carbocycles. The standard InChI is InChI=1S/C16H24N2O.ClH/c17-15-8-6-14(7-9-15)12-16(19)18-11-10-13-4-2-1-3-5-13;/h6-9,13H,1-5,10-12,17H2,(H,18,19);1H. The lowest BCUT2D eigenvalue weighted by molar-refractivity contribution is -0.120. The quantitative estimate of drug-likeness (QED) is 0.819. The van der Waals surface area contributed by atoms with Crippen molar-refractivity contribution in [3.63, 3.8) is 0 Å². The molecule has 0 radical (unpaired) electrons. The van der Waals surface area contributed by atoms with Crippen LogP contribution in [-0.2, 0) is 11.2 Å². The van der Waals surface area contributed by atoms with Gasteiger partial charge in [0.25, 0.3) is 0 Å². The van der Waals surface area contributed by atoms with Gasteiger partial charge in [-0.1, -0.05) is 44.2 Å². The van der Waals surface area contributed by atoms with E-state index in [0.29, 0.717) is 6.42 Å². The van der Waals surface area contributed by atoms with E-state index in [-0.39, 0.29) is 18.3 Å². The molecule has 3 nitrogen and oxygen atoms in total. The molecule has 2 rings (SSSR count). The van der Waals surface area contributed by atoms with Crippen LogP contribution in [0.15, 0.2) is 24.3 Å². The van der Waals surface area contributed by atoms with Crippen molar-refractivity contribution in [2.45, 2.75) is 44.9 Å². The fraction of sp³-hybridized carbons (Fsp3) is 0.562. The van der Waals surface area contributed by atoms with E-state index < -0.39 is 0 Å². The lowest BCUT2D eigenvalue weighted by Crippen LogP contribution is -2.27. The van der Waals surface area contributed by atoms with Crippen LogP contribution in [0.2, 0.25) is 0 Å². The molecule has 0 spiro atoms. The molecule has 112 valence electrons. The molecule has 1 saturated carbocycles. The Balaban J connectivity index is 0.00000200. The summed E-state index contributed by atoms with van der Waals surface area (Å²) in [6, 6.07) is 7.50. The summed E-state index contributed by atoms with van der Waals surface area (Å²) in [7, 11) is 0. The normalized spacial score (nSPS) is 15.4. The highest BCUT2D eigenvalue weighted by Crippen LogP contribution is 2.25. The van der Waals surface area contributed by atoms with E-state index in [9.17, 15) is 4.79 Å². The monoisotopic (exact) mass is 296 g/mol. The molecule has 0 aromatic heterocycles. The maximum Gasteiger partial charge on any atom is 0.224 e. The minimum atomic E-state index is 0. The van der Waals surface area contributed by atoms with Gasteiger partial charge in [0.2, 0.25) is 5.91 Å². The zero-order valence-corrected chi connectivity index (χ0v) is 12.8. The third-order valence-electron chi connectivity index (χ3n) is 3.94. The summed E-state index contributed by atoms with van der Waals surface area (Å²) in [6.07, 6.45) is 8.38. The van der Waals surface area contributed by atoms with Gasteiger partial charge in [-0.3, -0.25) is 4.79 Å². The van der Waals surface area contributed by atoms with Crippen LogP contribution in [0.25, 0.3) is 0 Å². The van der Waals surface area contributed by atoms with Crippen LogP contribution in [-0.4, -0.2) is 12.5 Å². The number of halogens is 1. The lowest BCUT2D eigenvalue weighted by atomic mass is 9.87. The summed E-state index contributed by atoms with van der Waals surface area (Å²) in [5, 5.41) is 3.02. The van der Waals surface area contributed by atoms with Crippen molar-refractivity contribution in [2.75, 3.05) is 12.3 Å². The molecule has 0 atom stereocenters. The van der Waals surface area contributed by atoms with Gasteiger partial charge in [0.05, 0.1) is 6.42 Å². The van der Waals surface area contributed by atoms with Crippen LogP contribution in [0.5, 0.6) is 0 Å². The molecule has 1 aliphatic carbocycles. The molecule has 0 unspecified atom stereocenters. The second-order valence-electron chi connectivity index (χ2n) is 5.56. The Hall–Kier alpha value is -1.22. The Morgan fingerprint density at radius 3 is 2.45 bits per heavy atom. The van der Waals surface area contributed by atoms with E-state index in [1.807, 2.05) is 24.3 Å². The fourth-order valence-corrected chi connectivity index (χ4v) is 2.77. The number of anilines is 1. The van der Waals surface area contributed by atoms with Crippen LogP contribution < -0.4 is 11.1 Å². The molecule has 0 saturated heterocycles. The second-order valence-corrected chi connectivity index (χ2v) is 5.56. The van der Waals surface area contributed by atoms with Crippen molar-refractivity contribution < 1.29 is 4.79 Å². The zero-order chi connectivity index (χ0) is 13.5. The molecule has 0 heterocycles. The summed E-state index contributed by atoms with van der Waals surface area (Å²) in [6.45, 7) is 0.818. The van der Waals surface area contributed by atoms with Crippen molar-refractivity contribution in [3.05, 3.63) is 29.8 Å². The highest BCUT2D eigenvalue weighted by Gasteiger charge is 2.13. The summed E-state index contributed by atoms with van der Waals surface area (Å²) < 4.78 is 0. The molecule has 1 aliphatic rings. The van der Waals surface area contributed by atoms with Gasteiger partial charge in [-0.05, 0) is 30.0 Å². The molecule has 0 bridgehead atoms. The second kappa shape index (κ2) is 8.85. The maximum atomic E-state index is 11.8. The summed E-state index contributed by atoms with van der Waals surface area (Å²) in [5.41, 5.74) is 7.38. The Bertz CT molecular complexity index is 399. The highest BCUT2D eigenvalue weighted by atomic mass is 35.5. The number of carbonyl (C=O) groups is 1. The van der Waals surface area contributed by atoms with Crippen molar-refractivity contribution >= 4 is 24.0 Å². The van der Waals surface area contributed by atoms with Crippen molar-refractivity contribution in [1.82, 2.24) is 5.32 Å². The minimum Gasteiger partial charge on any atom is -0.399 e. The first kappa shape index (κ1) is 16.8. The average molecular weight is 297 g/mol. The van der Waals surface area contributed by atoms with E-state index in [4.69, 9.17) is 5.73 Å². The smallest absolute Gasteiger partial charge is 0.224 e. The Morgan fingerprint density at radius 2 is 1.80 bits per heavy atom. The van der Waals surface area contributed by atoms with E-state index >= 15 is 0 Å². The first-order valence-electron chi connectivity index (χ1n) is 7.35. The largest absolute Gasteiger partial charge is 0.399 e. The number of amides is 1. The molecule has 1 aromatic rings. The molecule has 1 amide bonds. The highest BCUT2D eigenvalue weighted by molar-refractivity contribution is 5.85. The number of nitrogens with two attached hydrogens (primary N) is 1. The number of rotatable bonds is 5. The number of carbonyl (C=O) groups excluding carboxylic acids is 1. The SMILES string of the molecule is Cl.Nc1ccc(CC(=O)NCCC2CCCCC2)cc1. The van der Waals surface area contributed by atoms with Crippen molar-refractivity contribution in [3.8, 4) is 0 Å². The third kappa shape index (κ3) is 5.83. The van der Waals surface area contributed by atoms with Gasteiger partial charge in [0.15, 0.2) is 0 Å². The van der Waals surface area contributed by atoms with Gasteiger partial charge in [-0.25, -0.2) is 0 Å². The van der Waals surface area contributed by atoms with Gasteiger partial charge in [-0.2, -0.15) is 0 Å². The third-order valence-corrected chi connectivity index (χ3v) is 3.94. The van der Waals surface area contributed by atoms with Crippen LogP contribution in [0.3, 0.4) is 0 Å². The van der Waals surface area contributed by atoms with Gasteiger partial charge in [0.1, 0.15) is 0 Å². The lowest BCUT2D eigenvalue weighted by Gasteiger charge is -2.21. The number of nitrogen functional groups attached to an aromatic ring is 1. The topological polar surface area (TPSA) is 55.1 Å². The van der Waals surface area contributed by atoms with Crippen LogP contribution >= 0.6 is 12.4 Å². The van der Waals surface area contributed by atoms with Crippen molar-refractivity contribution in [1.29, 1.82) is 0 Å². The van der Waals surface area contributed by atoms with Crippen molar-refractivity contribution in [2.24, 2.45) is 5.92 Å². The molecular formula is C16H25ClN2O. The first-order chi connectivity index (χ1) is 9.24. The summed E-state index contributed by atoms with van der Waals surface area (Å²) in [5.74, 6) is 0.936. The molecule has 4 heteroatoms. The first-order valence-corrected chi connectivity index (χ1v) is 7.35. The number of nitrogens with one attached hydrogen (secondary N) is 1. The Morgan fingerprint density at radius 1 is 1.15 bits per heavy atom. The van der Waals surface area contributed by atoms with E-state index in [1.165, 1.54) is 32.1 Å². The number of benzene rings is 1. The van der Waals surface area contributed by atoms with Crippen LogP contribution in [0.4, 0.5) is 5.69 Å². The molecule has 20 heavy (non-hydrogen) atoms. The van der Waals surface area contributed by atoms with E-state index in [2.05, 4.69) is 5.32 Å².